The van der Waals surface area contributed by atoms with Crippen LogP contribution in [0.3, 0.4) is 0 Å². The Morgan fingerprint density at radius 2 is 1.61 bits per heavy atom. The molecular weight excluding hydrogens is 352 g/mol. The highest BCUT2D eigenvalue weighted by atomic mass is 16.2. The number of aliphatic imine (C=N–C) groups is 1. The Morgan fingerprint density at radius 1 is 0.964 bits per heavy atom. The molecule has 1 fully saturated rings. The number of hydrogen-bond donors (Lipinski definition) is 3. The average molecular weight is 380 g/mol. The van der Waals surface area contributed by atoms with E-state index in [2.05, 4.69) is 25.9 Å². The van der Waals surface area contributed by atoms with Crippen LogP contribution in [0.1, 0.15) is 49.1 Å². The normalized spacial score (nSPS) is 15.2. The summed E-state index contributed by atoms with van der Waals surface area (Å²) in [6, 6.07) is 9.39. The number of aryl methyl sites for hydroxylation is 3. The zero-order valence-corrected chi connectivity index (χ0v) is 16.7. The Hall–Kier alpha value is -2.96. The number of aromatic nitrogens is 2. The summed E-state index contributed by atoms with van der Waals surface area (Å²) in [6.07, 6.45) is 5.63. The maximum Gasteiger partial charge on any atom is 0.326 e. The second-order valence-electron chi connectivity index (χ2n) is 7.31. The molecule has 0 bridgehead atoms. The van der Waals surface area contributed by atoms with Crippen LogP contribution in [0.2, 0.25) is 0 Å². The lowest BCUT2D eigenvalue weighted by Gasteiger charge is -2.20. The van der Waals surface area contributed by atoms with Gasteiger partial charge in [-0.25, -0.2) is 19.8 Å². The minimum Gasteiger partial charge on any atom is -0.308 e. The van der Waals surface area contributed by atoms with Crippen LogP contribution in [0.25, 0.3) is 0 Å². The first kappa shape index (κ1) is 19.8. The van der Waals surface area contributed by atoms with Crippen molar-refractivity contribution in [3.63, 3.8) is 0 Å². The van der Waals surface area contributed by atoms with Crippen LogP contribution in [0.4, 0.5) is 16.4 Å². The van der Waals surface area contributed by atoms with E-state index in [-0.39, 0.29) is 12.1 Å². The summed E-state index contributed by atoms with van der Waals surface area (Å²) in [5, 5.41) is 8.75. The summed E-state index contributed by atoms with van der Waals surface area (Å²) in [5.41, 5.74) is 3.58. The van der Waals surface area contributed by atoms with E-state index in [1.54, 1.807) is 0 Å². The van der Waals surface area contributed by atoms with E-state index >= 15 is 0 Å². The molecule has 7 heteroatoms. The van der Waals surface area contributed by atoms with Crippen LogP contribution in [0, 0.1) is 20.8 Å². The molecule has 0 aliphatic heterocycles. The van der Waals surface area contributed by atoms with Crippen molar-refractivity contribution in [3.8, 4) is 0 Å². The fourth-order valence-corrected chi connectivity index (χ4v) is 3.28. The lowest BCUT2D eigenvalue weighted by molar-refractivity contribution is 0.256. The van der Waals surface area contributed by atoms with E-state index in [4.69, 9.17) is 4.99 Å². The second kappa shape index (κ2) is 9.30. The molecule has 1 saturated carbocycles. The number of nitrogens with one attached hydrogen (secondary N) is 3. The topological polar surface area (TPSA) is 91.3 Å². The van der Waals surface area contributed by atoms with E-state index < -0.39 is 0 Å². The van der Waals surface area contributed by atoms with Gasteiger partial charge >= 0.3 is 6.03 Å². The van der Waals surface area contributed by atoms with Gasteiger partial charge in [0.05, 0.1) is 6.04 Å². The van der Waals surface area contributed by atoms with E-state index in [1.807, 2.05) is 51.1 Å². The van der Waals surface area contributed by atoms with Crippen LogP contribution in [-0.2, 0) is 0 Å². The molecule has 0 saturated heterocycles. The number of nitrogens with zero attached hydrogens (tertiary/aromatic N) is 3. The molecule has 1 heterocycles. The second-order valence-corrected chi connectivity index (χ2v) is 7.31. The number of hydrogen-bond acceptors (Lipinski definition) is 4. The Bertz CT molecular complexity index is 820. The van der Waals surface area contributed by atoms with Gasteiger partial charge in [0.1, 0.15) is 0 Å². The van der Waals surface area contributed by atoms with E-state index in [9.17, 15) is 4.79 Å². The fraction of sp³-hybridized carbons (Fsp3) is 0.429. The summed E-state index contributed by atoms with van der Waals surface area (Å²) in [6.45, 7) is 5.83. The van der Waals surface area contributed by atoms with Gasteiger partial charge in [0.2, 0.25) is 11.9 Å². The summed E-state index contributed by atoms with van der Waals surface area (Å²) >= 11 is 0. The minimum absolute atomic E-state index is 0.196. The largest absolute Gasteiger partial charge is 0.326 e. The highest BCUT2D eigenvalue weighted by Gasteiger charge is 2.16. The van der Waals surface area contributed by atoms with Gasteiger partial charge in [-0.3, -0.25) is 10.6 Å². The van der Waals surface area contributed by atoms with Crippen molar-refractivity contribution in [2.75, 3.05) is 10.6 Å². The molecule has 2 aromatic rings. The van der Waals surface area contributed by atoms with Crippen molar-refractivity contribution >= 4 is 23.6 Å². The van der Waals surface area contributed by atoms with E-state index in [0.29, 0.717) is 11.9 Å². The monoisotopic (exact) mass is 380 g/mol. The molecule has 1 aromatic carbocycles. The van der Waals surface area contributed by atoms with Gasteiger partial charge in [-0.1, -0.05) is 37.0 Å². The van der Waals surface area contributed by atoms with Crippen LogP contribution in [0.15, 0.2) is 35.3 Å². The maximum atomic E-state index is 12.5. The molecule has 0 atom stereocenters. The Morgan fingerprint density at radius 3 is 2.25 bits per heavy atom. The highest BCUT2D eigenvalue weighted by Crippen LogP contribution is 2.20. The van der Waals surface area contributed by atoms with Crippen molar-refractivity contribution in [2.24, 2.45) is 4.99 Å². The maximum absolute atomic E-state index is 12.5. The summed E-state index contributed by atoms with van der Waals surface area (Å²) in [4.78, 5) is 26.0. The standard InChI is InChI=1S/C21H28N6O/c1-14-9-11-18(12-10-14)25-21(28)27-20(24-17-7-5-4-6-8-17)26-19-22-15(2)13-16(3)23-19/h9-13,17H,4-8H2,1-3H3,(H3,22,23,24,25,26,27,28). The van der Waals surface area contributed by atoms with Gasteiger partial charge < -0.3 is 5.32 Å². The van der Waals surface area contributed by atoms with Crippen LogP contribution < -0.4 is 16.0 Å². The fourth-order valence-electron chi connectivity index (χ4n) is 3.28. The molecule has 1 aromatic heterocycles. The molecule has 1 aliphatic carbocycles. The third kappa shape index (κ3) is 6.04. The smallest absolute Gasteiger partial charge is 0.308 e. The first-order valence-corrected chi connectivity index (χ1v) is 9.80. The van der Waals surface area contributed by atoms with Gasteiger partial charge in [-0.15, -0.1) is 0 Å². The lowest BCUT2D eigenvalue weighted by atomic mass is 9.96. The molecular formula is C21H28N6O. The molecule has 2 amide bonds. The number of benzene rings is 1. The Labute approximate surface area is 166 Å². The SMILES string of the molecule is Cc1ccc(NC(=O)NC(=NC2CCCCC2)Nc2nc(C)cc(C)n2)cc1. The number of amides is 2. The van der Waals surface area contributed by atoms with Gasteiger partial charge in [0, 0.05) is 17.1 Å². The number of carbonyl (C=O) groups is 1. The first-order chi connectivity index (χ1) is 13.5. The number of carbonyl (C=O) groups excluding carboxylic acids is 1. The quantitative estimate of drug-likeness (QED) is 0.546. The number of anilines is 2. The van der Waals surface area contributed by atoms with Crippen molar-refractivity contribution in [1.29, 1.82) is 0 Å². The zero-order valence-electron chi connectivity index (χ0n) is 16.7. The molecule has 28 heavy (non-hydrogen) atoms. The van der Waals surface area contributed by atoms with Crippen LogP contribution in [0.5, 0.6) is 0 Å². The summed E-state index contributed by atoms with van der Waals surface area (Å²) in [7, 11) is 0. The Kier molecular flexibility index (Phi) is 6.57. The van der Waals surface area contributed by atoms with Gasteiger partial charge in [0.25, 0.3) is 0 Å². The first-order valence-electron chi connectivity index (χ1n) is 9.80. The predicted molar refractivity (Wildman–Crippen MR) is 113 cm³/mol. The average Bonchev–Trinajstić information content (AvgIpc) is 2.63. The predicted octanol–water partition coefficient (Wildman–Crippen LogP) is 4.32. The molecule has 3 rings (SSSR count). The molecule has 3 N–H and O–H groups in total. The molecule has 0 spiro atoms. The number of guanidine groups is 1. The van der Waals surface area contributed by atoms with Crippen molar-refractivity contribution < 1.29 is 4.79 Å². The minimum atomic E-state index is -0.352. The molecule has 0 radical (unpaired) electrons. The number of urea groups is 1. The summed E-state index contributed by atoms with van der Waals surface area (Å²) in [5.74, 6) is 0.809. The summed E-state index contributed by atoms with van der Waals surface area (Å²) < 4.78 is 0. The van der Waals surface area contributed by atoms with Crippen LogP contribution >= 0.6 is 0 Å². The molecule has 1 aliphatic rings. The van der Waals surface area contributed by atoms with Crippen molar-refractivity contribution in [3.05, 3.63) is 47.3 Å². The molecule has 0 unspecified atom stereocenters. The van der Waals surface area contributed by atoms with Gasteiger partial charge in [-0.05, 0) is 51.8 Å². The van der Waals surface area contributed by atoms with E-state index in [1.165, 1.54) is 6.42 Å². The highest BCUT2D eigenvalue weighted by molar-refractivity contribution is 6.07. The third-order valence-corrected chi connectivity index (χ3v) is 4.64. The van der Waals surface area contributed by atoms with E-state index in [0.717, 1.165) is 48.3 Å². The third-order valence-electron chi connectivity index (χ3n) is 4.64. The molecule has 7 nitrogen and oxygen atoms in total. The van der Waals surface area contributed by atoms with Gasteiger partial charge in [0.15, 0.2) is 0 Å². The van der Waals surface area contributed by atoms with Crippen LogP contribution in [-0.4, -0.2) is 28.0 Å². The van der Waals surface area contributed by atoms with Crippen molar-refractivity contribution in [2.45, 2.75) is 58.9 Å². The zero-order chi connectivity index (χ0) is 19.9. The lowest BCUT2D eigenvalue weighted by Crippen LogP contribution is -2.40. The number of rotatable bonds is 3. The van der Waals surface area contributed by atoms with Gasteiger partial charge in [-0.2, -0.15) is 0 Å². The molecule has 148 valence electrons. The van der Waals surface area contributed by atoms with Crippen molar-refractivity contribution in [1.82, 2.24) is 15.3 Å². The Balaban J connectivity index is 1.73.